The molecule has 126 valence electrons. The van der Waals surface area contributed by atoms with Crippen molar-refractivity contribution in [1.29, 1.82) is 0 Å². The normalized spacial score (nSPS) is 20.2. The van der Waals surface area contributed by atoms with Crippen LogP contribution in [0.4, 0.5) is 5.82 Å². The second kappa shape index (κ2) is 5.45. The van der Waals surface area contributed by atoms with Crippen LogP contribution in [0.2, 0.25) is 0 Å². The number of aryl methyl sites for hydroxylation is 1. The van der Waals surface area contributed by atoms with Crippen molar-refractivity contribution in [2.75, 3.05) is 5.32 Å². The Hall–Kier alpha value is -2.62. The first-order chi connectivity index (χ1) is 12.2. The van der Waals surface area contributed by atoms with Gasteiger partial charge in [-0.15, -0.1) is 0 Å². The minimum absolute atomic E-state index is 0.0498. The summed E-state index contributed by atoms with van der Waals surface area (Å²) in [5.74, 6) is 1.41. The highest BCUT2D eigenvalue weighted by Gasteiger charge is 2.35. The Morgan fingerprint density at radius 2 is 1.88 bits per heavy atom. The lowest BCUT2D eigenvalue weighted by atomic mass is 9.76. The van der Waals surface area contributed by atoms with Gasteiger partial charge in [0.15, 0.2) is 5.82 Å². The summed E-state index contributed by atoms with van der Waals surface area (Å²) in [5, 5.41) is 13.1. The Morgan fingerprint density at radius 3 is 2.64 bits per heavy atom. The third-order valence-corrected chi connectivity index (χ3v) is 5.89. The largest absolute Gasteiger partial charge is 0.309 e. The molecule has 4 nitrogen and oxygen atoms in total. The van der Waals surface area contributed by atoms with Gasteiger partial charge in [0.05, 0.1) is 0 Å². The van der Waals surface area contributed by atoms with Crippen LogP contribution < -0.4 is 5.32 Å². The summed E-state index contributed by atoms with van der Waals surface area (Å²) in [4.78, 5) is 12.3. The van der Waals surface area contributed by atoms with E-state index in [0.717, 1.165) is 5.82 Å². The van der Waals surface area contributed by atoms with Crippen LogP contribution in [-0.2, 0) is 4.79 Å². The molecule has 4 heteroatoms. The number of carbonyl (C=O) groups excluding carboxylic acids is 1. The molecule has 1 aromatic heterocycles. The van der Waals surface area contributed by atoms with Crippen LogP contribution in [-0.4, -0.2) is 16.1 Å². The molecular formula is C21H21N3O. The quantitative estimate of drug-likeness (QED) is 0.720. The SMILES string of the molecule is Cc1ccc(C2CC(=O)Nc3n[nH]c(C4CCC4)c32)c2ccccc12. The molecule has 5 rings (SSSR count). The number of aromatic nitrogens is 2. The molecule has 1 saturated carbocycles. The number of fused-ring (bicyclic) bond motifs is 2. The zero-order valence-electron chi connectivity index (χ0n) is 14.3. The number of hydrogen-bond acceptors (Lipinski definition) is 2. The fourth-order valence-corrected chi connectivity index (χ4v) is 4.33. The Labute approximate surface area is 146 Å². The van der Waals surface area contributed by atoms with Crippen molar-refractivity contribution in [3.8, 4) is 0 Å². The fraction of sp³-hybridized carbons (Fsp3) is 0.333. The molecule has 0 bridgehead atoms. The maximum atomic E-state index is 12.3. The third-order valence-electron chi connectivity index (χ3n) is 5.89. The summed E-state index contributed by atoms with van der Waals surface area (Å²) in [6.45, 7) is 2.14. The van der Waals surface area contributed by atoms with Crippen molar-refractivity contribution in [3.63, 3.8) is 0 Å². The van der Waals surface area contributed by atoms with Crippen molar-refractivity contribution in [2.24, 2.45) is 0 Å². The molecule has 2 heterocycles. The van der Waals surface area contributed by atoms with Gasteiger partial charge < -0.3 is 5.32 Å². The second-order valence-electron chi connectivity index (χ2n) is 7.35. The van der Waals surface area contributed by atoms with Gasteiger partial charge in [-0.3, -0.25) is 9.89 Å². The first kappa shape index (κ1) is 14.7. The molecule has 3 aromatic rings. The predicted octanol–water partition coefficient (Wildman–Crippen LogP) is 4.61. The average Bonchev–Trinajstić information content (AvgIpc) is 2.97. The Balaban J connectivity index is 1.72. The molecule has 1 atom stereocenters. The van der Waals surface area contributed by atoms with E-state index in [9.17, 15) is 4.79 Å². The van der Waals surface area contributed by atoms with E-state index < -0.39 is 0 Å². The van der Waals surface area contributed by atoms with Crippen LogP contribution in [0.1, 0.15) is 59.9 Å². The van der Waals surface area contributed by atoms with Gasteiger partial charge in [-0.1, -0.05) is 42.8 Å². The smallest absolute Gasteiger partial charge is 0.226 e. The molecule has 2 aliphatic rings. The van der Waals surface area contributed by atoms with Crippen molar-refractivity contribution >= 4 is 22.5 Å². The van der Waals surface area contributed by atoms with Gasteiger partial charge in [0.25, 0.3) is 0 Å². The zero-order chi connectivity index (χ0) is 17.0. The number of carbonyl (C=O) groups is 1. The molecule has 0 radical (unpaired) electrons. The van der Waals surface area contributed by atoms with E-state index in [1.54, 1.807) is 0 Å². The Morgan fingerprint density at radius 1 is 1.08 bits per heavy atom. The second-order valence-corrected chi connectivity index (χ2v) is 7.35. The van der Waals surface area contributed by atoms with Crippen LogP contribution in [0, 0.1) is 6.92 Å². The number of amides is 1. The predicted molar refractivity (Wildman–Crippen MR) is 99.0 cm³/mol. The molecule has 1 aliphatic heterocycles. The van der Waals surface area contributed by atoms with Gasteiger partial charge in [0.2, 0.25) is 5.91 Å². The summed E-state index contributed by atoms with van der Waals surface area (Å²) in [5.41, 5.74) is 4.94. The minimum Gasteiger partial charge on any atom is -0.309 e. The van der Waals surface area contributed by atoms with E-state index in [-0.39, 0.29) is 11.8 Å². The van der Waals surface area contributed by atoms with Crippen LogP contribution in [0.15, 0.2) is 36.4 Å². The first-order valence-electron chi connectivity index (χ1n) is 9.08. The van der Waals surface area contributed by atoms with Gasteiger partial charge in [0, 0.05) is 29.5 Å². The summed E-state index contributed by atoms with van der Waals surface area (Å²) in [6.07, 6.45) is 4.19. The van der Waals surface area contributed by atoms with E-state index in [0.29, 0.717) is 12.3 Å². The number of nitrogens with one attached hydrogen (secondary N) is 2. The molecule has 1 fully saturated rings. The van der Waals surface area contributed by atoms with Gasteiger partial charge >= 0.3 is 0 Å². The van der Waals surface area contributed by atoms with Gasteiger partial charge in [-0.25, -0.2) is 0 Å². The summed E-state index contributed by atoms with van der Waals surface area (Å²) < 4.78 is 0. The monoisotopic (exact) mass is 331 g/mol. The van der Waals surface area contributed by atoms with E-state index in [1.165, 1.54) is 52.4 Å². The molecule has 0 saturated heterocycles. The lowest BCUT2D eigenvalue weighted by molar-refractivity contribution is -0.116. The number of anilines is 1. The van der Waals surface area contributed by atoms with Crippen LogP contribution in [0.5, 0.6) is 0 Å². The lowest BCUT2D eigenvalue weighted by Gasteiger charge is -2.30. The average molecular weight is 331 g/mol. The molecular weight excluding hydrogens is 310 g/mol. The van der Waals surface area contributed by atoms with E-state index in [1.807, 2.05) is 0 Å². The molecule has 25 heavy (non-hydrogen) atoms. The lowest BCUT2D eigenvalue weighted by Crippen LogP contribution is -2.25. The molecule has 1 unspecified atom stereocenters. The van der Waals surface area contributed by atoms with Crippen molar-refractivity contribution in [3.05, 3.63) is 58.8 Å². The number of H-pyrrole nitrogens is 1. The fourth-order valence-electron chi connectivity index (χ4n) is 4.33. The number of benzene rings is 2. The van der Waals surface area contributed by atoms with Crippen LogP contribution >= 0.6 is 0 Å². The molecule has 1 amide bonds. The van der Waals surface area contributed by atoms with E-state index in [4.69, 9.17) is 0 Å². The number of hydrogen-bond donors (Lipinski definition) is 2. The van der Waals surface area contributed by atoms with Crippen LogP contribution in [0.3, 0.4) is 0 Å². The van der Waals surface area contributed by atoms with Crippen molar-refractivity contribution in [2.45, 2.75) is 44.4 Å². The number of aromatic amines is 1. The Kier molecular flexibility index (Phi) is 3.20. The van der Waals surface area contributed by atoms with Crippen molar-refractivity contribution in [1.82, 2.24) is 10.2 Å². The standard InChI is InChI=1S/C21H21N3O/c1-12-9-10-16(15-8-3-2-7-14(12)15)17-11-18(25)22-21-19(17)20(23-24-21)13-5-4-6-13/h2-3,7-10,13,17H,4-6,11H2,1H3,(H2,22,23,24,25). The van der Waals surface area contributed by atoms with E-state index >= 15 is 0 Å². The number of rotatable bonds is 2. The number of nitrogens with zero attached hydrogens (tertiary/aromatic N) is 1. The maximum Gasteiger partial charge on any atom is 0.226 e. The van der Waals surface area contributed by atoms with Gasteiger partial charge in [-0.05, 0) is 41.7 Å². The zero-order valence-corrected chi connectivity index (χ0v) is 14.3. The first-order valence-corrected chi connectivity index (χ1v) is 9.08. The highest BCUT2D eigenvalue weighted by Crippen LogP contribution is 2.46. The third kappa shape index (κ3) is 2.20. The Bertz CT molecular complexity index is 984. The molecule has 2 N–H and O–H groups in total. The highest BCUT2D eigenvalue weighted by molar-refractivity contribution is 5.96. The van der Waals surface area contributed by atoms with Crippen molar-refractivity contribution < 1.29 is 4.79 Å². The topological polar surface area (TPSA) is 57.8 Å². The van der Waals surface area contributed by atoms with E-state index in [2.05, 4.69) is 58.8 Å². The molecule has 1 aliphatic carbocycles. The highest BCUT2D eigenvalue weighted by atomic mass is 16.1. The van der Waals surface area contributed by atoms with Gasteiger partial charge in [-0.2, -0.15) is 5.10 Å². The maximum absolute atomic E-state index is 12.3. The minimum atomic E-state index is 0.0498. The van der Waals surface area contributed by atoms with Gasteiger partial charge in [0.1, 0.15) is 0 Å². The molecule has 0 spiro atoms. The summed E-state index contributed by atoms with van der Waals surface area (Å²) >= 11 is 0. The summed E-state index contributed by atoms with van der Waals surface area (Å²) in [7, 11) is 0. The summed E-state index contributed by atoms with van der Waals surface area (Å²) in [6, 6.07) is 12.9. The van der Waals surface area contributed by atoms with Crippen LogP contribution in [0.25, 0.3) is 10.8 Å². The molecule has 2 aromatic carbocycles.